The first-order valence-electron chi connectivity index (χ1n) is 6.54. The summed E-state index contributed by atoms with van der Waals surface area (Å²) in [5.74, 6) is -1.06. The lowest BCUT2D eigenvalue weighted by molar-refractivity contribution is 0.507. The van der Waals surface area contributed by atoms with Gasteiger partial charge in [0.05, 0.1) is 16.7 Å². The zero-order valence-corrected chi connectivity index (χ0v) is 11.4. The molecular weight excluding hydrogens is 272 g/mol. The van der Waals surface area contributed by atoms with Crippen LogP contribution in [0.4, 0.5) is 14.6 Å². The first-order chi connectivity index (χ1) is 10.1. The second-order valence-electron chi connectivity index (χ2n) is 4.75. The predicted molar refractivity (Wildman–Crippen MR) is 78.0 cm³/mol. The molecule has 0 atom stereocenters. The minimum Gasteiger partial charge on any atom is -0.364 e. The Labute approximate surface area is 120 Å². The first kappa shape index (κ1) is 13.4. The Bertz CT molecular complexity index is 803. The lowest BCUT2D eigenvalue weighted by Crippen LogP contribution is -2.05. The minimum atomic E-state index is -0.851. The van der Waals surface area contributed by atoms with Crippen LogP contribution in [-0.2, 0) is 6.54 Å². The van der Waals surface area contributed by atoms with Crippen LogP contribution in [0.25, 0.3) is 11.0 Å². The Morgan fingerprint density at radius 3 is 2.38 bits per heavy atom. The van der Waals surface area contributed by atoms with E-state index in [2.05, 4.69) is 15.3 Å². The molecule has 0 amide bonds. The predicted octanol–water partition coefficient (Wildman–Crippen LogP) is 3.83. The molecule has 2 aromatic carbocycles. The molecule has 0 saturated heterocycles. The van der Waals surface area contributed by atoms with Crippen LogP contribution in [0.5, 0.6) is 0 Å². The van der Waals surface area contributed by atoms with Gasteiger partial charge in [0.25, 0.3) is 0 Å². The van der Waals surface area contributed by atoms with E-state index < -0.39 is 11.6 Å². The van der Waals surface area contributed by atoms with E-state index in [1.54, 1.807) is 0 Å². The van der Waals surface area contributed by atoms with E-state index in [0.717, 1.165) is 22.8 Å². The quantitative estimate of drug-likeness (QED) is 0.794. The molecule has 0 bridgehead atoms. The number of aryl methyl sites for hydroxylation is 1. The van der Waals surface area contributed by atoms with E-state index in [4.69, 9.17) is 0 Å². The van der Waals surface area contributed by atoms with Gasteiger partial charge in [-0.15, -0.1) is 0 Å². The Morgan fingerprint density at radius 2 is 1.67 bits per heavy atom. The zero-order chi connectivity index (χ0) is 14.8. The Morgan fingerprint density at radius 1 is 0.952 bits per heavy atom. The summed E-state index contributed by atoms with van der Waals surface area (Å²) < 4.78 is 26.0. The summed E-state index contributed by atoms with van der Waals surface area (Å²) in [5, 5.41) is 3.11. The first-order valence-corrected chi connectivity index (χ1v) is 6.54. The molecule has 0 unspecified atom stereocenters. The van der Waals surface area contributed by atoms with Gasteiger partial charge in [-0.05, 0) is 36.8 Å². The maximum Gasteiger partial charge on any atom is 0.159 e. The average molecular weight is 285 g/mol. The monoisotopic (exact) mass is 285 g/mol. The van der Waals surface area contributed by atoms with E-state index in [9.17, 15) is 8.78 Å². The van der Waals surface area contributed by atoms with Crippen molar-refractivity contribution in [2.24, 2.45) is 0 Å². The maximum absolute atomic E-state index is 13.2. The number of nitrogens with one attached hydrogen (secondary N) is 1. The fraction of sp³-hybridized carbons (Fsp3) is 0.125. The highest BCUT2D eigenvalue weighted by Gasteiger charge is 2.06. The smallest absolute Gasteiger partial charge is 0.159 e. The molecule has 0 spiro atoms. The molecule has 21 heavy (non-hydrogen) atoms. The second-order valence-corrected chi connectivity index (χ2v) is 4.75. The highest BCUT2D eigenvalue weighted by Crippen LogP contribution is 2.17. The van der Waals surface area contributed by atoms with Crippen molar-refractivity contribution in [1.82, 2.24) is 9.97 Å². The van der Waals surface area contributed by atoms with Crippen molar-refractivity contribution in [3.05, 3.63) is 65.4 Å². The number of hydrogen-bond donors (Lipinski definition) is 1. The third-order valence-corrected chi connectivity index (χ3v) is 3.19. The van der Waals surface area contributed by atoms with E-state index in [1.807, 2.05) is 31.2 Å². The highest BCUT2D eigenvalue weighted by molar-refractivity contribution is 5.76. The number of nitrogens with zero attached hydrogens (tertiary/aromatic N) is 2. The van der Waals surface area contributed by atoms with Gasteiger partial charge in [0.2, 0.25) is 0 Å². The highest BCUT2D eigenvalue weighted by atomic mass is 19.2. The lowest BCUT2D eigenvalue weighted by atomic mass is 10.2. The number of para-hydroxylation sites is 2. The van der Waals surface area contributed by atoms with Gasteiger partial charge in [0.15, 0.2) is 11.6 Å². The van der Waals surface area contributed by atoms with Crippen LogP contribution < -0.4 is 5.32 Å². The molecule has 0 aliphatic rings. The molecule has 5 heteroatoms. The van der Waals surface area contributed by atoms with Crippen molar-refractivity contribution in [2.75, 3.05) is 5.32 Å². The molecule has 0 aliphatic heterocycles. The minimum absolute atomic E-state index is 0.352. The molecule has 3 aromatic rings. The number of anilines is 1. The molecule has 0 saturated carbocycles. The second kappa shape index (κ2) is 5.44. The van der Waals surface area contributed by atoms with Crippen LogP contribution in [0.3, 0.4) is 0 Å². The third-order valence-electron chi connectivity index (χ3n) is 3.19. The standard InChI is InChI=1S/C16H13F2N3/c1-10-16(21-15-5-3-2-4-14(15)20-10)19-9-11-6-7-12(17)13(18)8-11/h2-8H,9H2,1H3,(H,19,21). The van der Waals surface area contributed by atoms with Crippen molar-refractivity contribution >= 4 is 16.9 Å². The zero-order valence-electron chi connectivity index (χ0n) is 11.4. The van der Waals surface area contributed by atoms with Crippen molar-refractivity contribution in [3.8, 4) is 0 Å². The van der Waals surface area contributed by atoms with Crippen LogP contribution in [0.2, 0.25) is 0 Å². The van der Waals surface area contributed by atoms with E-state index in [-0.39, 0.29) is 0 Å². The average Bonchev–Trinajstić information content (AvgIpc) is 2.48. The van der Waals surface area contributed by atoms with Crippen LogP contribution in [0.15, 0.2) is 42.5 Å². The fourth-order valence-corrected chi connectivity index (χ4v) is 2.09. The summed E-state index contributed by atoms with van der Waals surface area (Å²) in [7, 11) is 0. The van der Waals surface area contributed by atoms with Crippen molar-refractivity contribution in [2.45, 2.75) is 13.5 Å². The number of aromatic nitrogens is 2. The van der Waals surface area contributed by atoms with Gasteiger partial charge in [-0.3, -0.25) is 0 Å². The fourth-order valence-electron chi connectivity index (χ4n) is 2.09. The Balaban J connectivity index is 1.84. The molecule has 1 aromatic heterocycles. The van der Waals surface area contributed by atoms with E-state index in [0.29, 0.717) is 17.9 Å². The van der Waals surface area contributed by atoms with Crippen molar-refractivity contribution < 1.29 is 8.78 Å². The third kappa shape index (κ3) is 2.81. The van der Waals surface area contributed by atoms with Crippen LogP contribution in [0, 0.1) is 18.6 Å². The van der Waals surface area contributed by atoms with Gasteiger partial charge in [-0.2, -0.15) is 0 Å². The van der Waals surface area contributed by atoms with Gasteiger partial charge in [0, 0.05) is 6.54 Å². The molecule has 0 aliphatic carbocycles. The summed E-state index contributed by atoms with van der Waals surface area (Å²) in [6.45, 7) is 2.21. The molecular formula is C16H13F2N3. The number of hydrogen-bond acceptors (Lipinski definition) is 3. The Kier molecular flexibility index (Phi) is 3.48. The van der Waals surface area contributed by atoms with Gasteiger partial charge >= 0.3 is 0 Å². The summed E-state index contributed by atoms with van der Waals surface area (Å²) in [6.07, 6.45) is 0. The number of rotatable bonds is 3. The van der Waals surface area contributed by atoms with E-state index >= 15 is 0 Å². The summed E-state index contributed by atoms with van der Waals surface area (Å²) >= 11 is 0. The number of fused-ring (bicyclic) bond motifs is 1. The van der Waals surface area contributed by atoms with Gasteiger partial charge in [-0.1, -0.05) is 18.2 Å². The normalized spacial score (nSPS) is 10.8. The molecule has 3 rings (SSSR count). The lowest BCUT2D eigenvalue weighted by Gasteiger charge is -2.09. The van der Waals surface area contributed by atoms with Crippen LogP contribution >= 0.6 is 0 Å². The molecule has 0 radical (unpaired) electrons. The molecule has 1 N–H and O–H groups in total. The number of benzene rings is 2. The SMILES string of the molecule is Cc1nc2ccccc2nc1NCc1ccc(F)c(F)c1. The van der Waals surface area contributed by atoms with Crippen molar-refractivity contribution in [3.63, 3.8) is 0 Å². The molecule has 1 heterocycles. The summed E-state index contributed by atoms with van der Waals surface area (Å²) in [4.78, 5) is 8.95. The van der Waals surface area contributed by atoms with Gasteiger partial charge in [-0.25, -0.2) is 18.7 Å². The molecule has 0 fully saturated rings. The van der Waals surface area contributed by atoms with Gasteiger partial charge < -0.3 is 5.32 Å². The topological polar surface area (TPSA) is 37.8 Å². The molecule has 106 valence electrons. The van der Waals surface area contributed by atoms with Crippen LogP contribution in [-0.4, -0.2) is 9.97 Å². The molecule has 3 nitrogen and oxygen atoms in total. The van der Waals surface area contributed by atoms with Gasteiger partial charge in [0.1, 0.15) is 5.82 Å². The maximum atomic E-state index is 13.2. The van der Waals surface area contributed by atoms with Crippen molar-refractivity contribution in [1.29, 1.82) is 0 Å². The van der Waals surface area contributed by atoms with E-state index in [1.165, 1.54) is 12.1 Å². The number of halogens is 2. The van der Waals surface area contributed by atoms with Crippen LogP contribution in [0.1, 0.15) is 11.3 Å². The Hall–Kier alpha value is -2.56. The largest absolute Gasteiger partial charge is 0.364 e. The summed E-state index contributed by atoms with van der Waals surface area (Å²) in [6, 6.07) is 11.4. The summed E-state index contributed by atoms with van der Waals surface area (Å²) in [5.41, 5.74) is 3.02.